The van der Waals surface area contributed by atoms with Gasteiger partial charge in [0.25, 0.3) is 0 Å². The highest BCUT2D eigenvalue weighted by molar-refractivity contribution is 6.31. The molecule has 7 heteroatoms. The summed E-state index contributed by atoms with van der Waals surface area (Å²) in [5.41, 5.74) is -0.631. The van der Waals surface area contributed by atoms with Crippen molar-refractivity contribution in [1.29, 1.82) is 0 Å². The lowest BCUT2D eigenvalue weighted by Crippen LogP contribution is -2.49. The molecule has 0 unspecified atom stereocenters. The lowest BCUT2D eigenvalue weighted by atomic mass is 9.79. The number of aliphatic hydroxyl groups excluding tert-OH is 1. The van der Waals surface area contributed by atoms with Crippen LogP contribution in [0.15, 0.2) is 18.2 Å². The van der Waals surface area contributed by atoms with Crippen molar-refractivity contribution in [2.75, 3.05) is 32.8 Å². The lowest BCUT2D eigenvalue weighted by molar-refractivity contribution is -0.137. The smallest absolute Gasteiger partial charge is 0.396 e. The van der Waals surface area contributed by atoms with Gasteiger partial charge in [0.05, 0.1) is 10.6 Å². The van der Waals surface area contributed by atoms with Gasteiger partial charge in [-0.2, -0.15) is 13.2 Å². The van der Waals surface area contributed by atoms with Gasteiger partial charge in [-0.25, -0.2) is 0 Å². The molecular formula is C16H22ClF3N2O. The monoisotopic (exact) mass is 350 g/mol. The van der Waals surface area contributed by atoms with Gasteiger partial charge < -0.3 is 10.4 Å². The molecule has 1 heterocycles. The molecule has 1 aliphatic heterocycles. The molecule has 1 atom stereocenters. The fraction of sp³-hybridized carbons (Fsp3) is 0.625. The highest BCUT2D eigenvalue weighted by Gasteiger charge is 2.38. The second kappa shape index (κ2) is 6.97. The van der Waals surface area contributed by atoms with Crippen LogP contribution in [0.4, 0.5) is 13.2 Å². The quantitative estimate of drug-likeness (QED) is 0.874. The van der Waals surface area contributed by atoms with Gasteiger partial charge in [0.15, 0.2) is 0 Å². The Labute approximate surface area is 139 Å². The molecule has 3 nitrogen and oxygen atoms in total. The Morgan fingerprint density at radius 3 is 2.35 bits per heavy atom. The average molecular weight is 351 g/mol. The van der Waals surface area contributed by atoms with Crippen LogP contribution in [-0.4, -0.2) is 42.8 Å². The molecule has 0 spiro atoms. The maximum atomic E-state index is 12.9. The number of halogens is 4. The molecule has 0 aromatic heterocycles. The fourth-order valence-electron chi connectivity index (χ4n) is 3.11. The summed E-state index contributed by atoms with van der Waals surface area (Å²) < 4.78 is 38.7. The molecule has 0 amide bonds. The molecule has 1 aromatic carbocycles. The fourth-order valence-corrected chi connectivity index (χ4v) is 3.41. The molecule has 130 valence electrons. The molecule has 2 N–H and O–H groups in total. The van der Waals surface area contributed by atoms with Crippen LogP contribution in [0.25, 0.3) is 0 Å². The highest BCUT2D eigenvalue weighted by Crippen LogP contribution is 2.41. The van der Waals surface area contributed by atoms with E-state index in [1.54, 1.807) is 0 Å². The van der Waals surface area contributed by atoms with Crippen molar-refractivity contribution in [3.63, 3.8) is 0 Å². The molecule has 1 fully saturated rings. The zero-order valence-corrected chi connectivity index (χ0v) is 14.0. The molecular weight excluding hydrogens is 329 g/mol. The molecule has 0 radical (unpaired) electrons. The first-order valence-corrected chi connectivity index (χ1v) is 7.97. The third-order valence-corrected chi connectivity index (χ3v) is 4.59. The number of hydrogen-bond acceptors (Lipinski definition) is 3. The van der Waals surface area contributed by atoms with Crippen LogP contribution in [0.2, 0.25) is 5.02 Å². The van der Waals surface area contributed by atoms with E-state index in [2.05, 4.69) is 10.2 Å². The van der Waals surface area contributed by atoms with Gasteiger partial charge in [-0.15, -0.1) is 0 Å². The van der Waals surface area contributed by atoms with Crippen molar-refractivity contribution in [3.05, 3.63) is 34.3 Å². The van der Waals surface area contributed by atoms with Crippen LogP contribution < -0.4 is 5.32 Å². The van der Waals surface area contributed by atoms with Crippen molar-refractivity contribution in [1.82, 2.24) is 10.2 Å². The minimum atomic E-state index is -4.47. The Balaban J connectivity index is 2.41. The first-order valence-electron chi connectivity index (χ1n) is 7.59. The maximum Gasteiger partial charge on any atom is 0.417 e. The second-order valence-corrected chi connectivity index (χ2v) is 6.98. The zero-order chi connectivity index (χ0) is 17.3. The molecule has 23 heavy (non-hydrogen) atoms. The Morgan fingerprint density at radius 1 is 1.26 bits per heavy atom. The van der Waals surface area contributed by atoms with Gasteiger partial charge in [0, 0.05) is 44.2 Å². The summed E-state index contributed by atoms with van der Waals surface area (Å²) in [6.45, 7) is 6.91. The van der Waals surface area contributed by atoms with E-state index in [0.717, 1.165) is 32.2 Å². The molecule has 0 saturated carbocycles. The number of rotatable bonds is 4. The molecule has 0 aliphatic carbocycles. The summed E-state index contributed by atoms with van der Waals surface area (Å²) in [6.07, 6.45) is -4.47. The summed E-state index contributed by atoms with van der Waals surface area (Å²) in [7, 11) is 0. The summed E-state index contributed by atoms with van der Waals surface area (Å²) in [6, 6.07) is 3.68. The van der Waals surface area contributed by atoms with Gasteiger partial charge in [0.1, 0.15) is 0 Å². The summed E-state index contributed by atoms with van der Waals surface area (Å²) in [5.74, 6) is 0. The van der Waals surface area contributed by atoms with Gasteiger partial charge in [0.2, 0.25) is 0 Å². The first-order chi connectivity index (χ1) is 10.7. The Morgan fingerprint density at radius 2 is 1.87 bits per heavy atom. The molecule has 1 saturated heterocycles. The largest absolute Gasteiger partial charge is 0.417 e. The van der Waals surface area contributed by atoms with E-state index in [1.165, 1.54) is 12.1 Å². The molecule has 1 aromatic rings. The Bertz CT molecular complexity index is 543. The molecule has 1 aliphatic rings. The molecule has 0 bridgehead atoms. The number of hydrogen-bond donors (Lipinski definition) is 2. The van der Waals surface area contributed by atoms with Gasteiger partial charge >= 0.3 is 6.18 Å². The number of aliphatic hydroxyl groups is 1. The number of benzene rings is 1. The van der Waals surface area contributed by atoms with E-state index >= 15 is 0 Å². The maximum absolute atomic E-state index is 12.9. The Kier molecular flexibility index (Phi) is 5.61. The number of nitrogens with zero attached hydrogens (tertiary/aromatic N) is 1. The van der Waals surface area contributed by atoms with Crippen molar-refractivity contribution >= 4 is 11.6 Å². The third-order valence-electron chi connectivity index (χ3n) is 4.28. The van der Waals surface area contributed by atoms with Crippen molar-refractivity contribution in [2.24, 2.45) is 5.41 Å². The van der Waals surface area contributed by atoms with Crippen molar-refractivity contribution < 1.29 is 18.3 Å². The van der Waals surface area contributed by atoms with Crippen LogP contribution in [-0.2, 0) is 6.18 Å². The lowest BCUT2D eigenvalue weighted by Gasteiger charge is -2.43. The predicted octanol–water partition coefficient (Wildman–Crippen LogP) is 3.32. The van der Waals surface area contributed by atoms with E-state index in [9.17, 15) is 18.3 Å². The minimum Gasteiger partial charge on any atom is -0.396 e. The van der Waals surface area contributed by atoms with Crippen molar-refractivity contribution in [2.45, 2.75) is 26.1 Å². The van der Waals surface area contributed by atoms with Crippen LogP contribution >= 0.6 is 11.6 Å². The number of alkyl halides is 3. The molecule has 2 rings (SSSR count). The zero-order valence-electron chi connectivity index (χ0n) is 13.3. The first kappa shape index (κ1) is 18.5. The van der Waals surface area contributed by atoms with Crippen LogP contribution in [0, 0.1) is 5.41 Å². The third kappa shape index (κ3) is 4.18. The Hall–Kier alpha value is -0.820. The number of piperazine rings is 1. The van der Waals surface area contributed by atoms with E-state index in [1.807, 2.05) is 13.8 Å². The average Bonchev–Trinajstić information content (AvgIpc) is 2.47. The topological polar surface area (TPSA) is 35.5 Å². The standard InChI is InChI=1S/C16H22ClF3N2O/c1-15(2,10-23)14(22-7-5-21-6-8-22)11-3-4-12(13(17)9-11)16(18,19)20/h3-4,9,14,21,23H,5-8,10H2,1-2H3/t14-/m0/s1. The summed E-state index contributed by atoms with van der Waals surface area (Å²) >= 11 is 5.88. The van der Waals surface area contributed by atoms with E-state index < -0.39 is 17.2 Å². The summed E-state index contributed by atoms with van der Waals surface area (Å²) in [4.78, 5) is 2.19. The minimum absolute atomic E-state index is 0.0692. The van der Waals surface area contributed by atoms with E-state index in [4.69, 9.17) is 11.6 Å². The van der Waals surface area contributed by atoms with Crippen molar-refractivity contribution in [3.8, 4) is 0 Å². The SMILES string of the molecule is CC(C)(CO)[C@H](c1ccc(C(F)(F)F)c(Cl)c1)N1CCNCC1. The summed E-state index contributed by atoms with van der Waals surface area (Å²) in [5, 5.41) is 12.7. The van der Waals surface area contributed by atoms with Crippen LogP contribution in [0.5, 0.6) is 0 Å². The van der Waals surface area contributed by atoms with Gasteiger partial charge in [-0.3, -0.25) is 4.90 Å². The normalized spacial score (nSPS) is 18.9. The van der Waals surface area contributed by atoms with Gasteiger partial charge in [-0.05, 0) is 17.7 Å². The highest BCUT2D eigenvalue weighted by atomic mass is 35.5. The second-order valence-electron chi connectivity index (χ2n) is 6.57. The van der Waals surface area contributed by atoms with Crippen LogP contribution in [0.1, 0.15) is 31.0 Å². The van der Waals surface area contributed by atoms with Gasteiger partial charge in [-0.1, -0.05) is 31.5 Å². The van der Waals surface area contributed by atoms with E-state index in [-0.39, 0.29) is 17.7 Å². The van der Waals surface area contributed by atoms with E-state index in [0.29, 0.717) is 5.56 Å². The van der Waals surface area contributed by atoms with Crippen LogP contribution in [0.3, 0.4) is 0 Å². The number of nitrogens with one attached hydrogen (secondary N) is 1. The predicted molar refractivity (Wildman–Crippen MR) is 84.5 cm³/mol.